The highest BCUT2D eigenvalue weighted by atomic mass is 14.3. The molecule has 276 valence electrons. The maximum absolute atomic E-state index is 2.55. The second-order valence-corrected chi connectivity index (χ2v) is 16.3. The van der Waals surface area contributed by atoms with Crippen molar-refractivity contribution in [2.75, 3.05) is 0 Å². The Hall–Kier alpha value is -7.80. The van der Waals surface area contributed by atoms with E-state index < -0.39 is 0 Å². The Morgan fingerprint density at radius 3 is 1.38 bits per heavy atom. The molecule has 0 amide bonds. The van der Waals surface area contributed by atoms with Crippen LogP contribution in [0.4, 0.5) is 0 Å². The molecule has 0 heterocycles. The minimum absolute atomic E-state index is 1.22. The van der Waals surface area contributed by atoms with Gasteiger partial charge in [0.05, 0.1) is 0 Å². The van der Waals surface area contributed by atoms with E-state index >= 15 is 0 Å². The van der Waals surface area contributed by atoms with Crippen LogP contribution in [0.15, 0.2) is 218 Å². The maximum Gasteiger partial charge on any atom is -0.000719 e. The molecule has 13 aromatic rings. The summed E-state index contributed by atoms with van der Waals surface area (Å²) in [6.45, 7) is 0. The minimum Gasteiger partial charge on any atom is -0.0622 e. The van der Waals surface area contributed by atoms with Crippen LogP contribution >= 0.6 is 0 Å². The third-order valence-corrected chi connectivity index (χ3v) is 13.1. The van der Waals surface area contributed by atoms with Crippen molar-refractivity contribution >= 4 is 75.4 Å². The van der Waals surface area contributed by atoms with Crippen LogP contribution in [0.1, 0.15) is 0 Å². The first-order valence-corrected chi connectivity index (χ1v) is 20.9. The van der Waals surface area contributed by atoms with Crippen molar-refractivity contribution in [1.29, 1.82) is 0 Å². The van der Waals surface area contributed by atoms with Gasteiger partial charge in [0.2, 0.25) is 0 Å². The van der Waals surface area contributed by atoms with Crippen LogP contribution in [0.5, 0.6) is 0 Å². The summed E-state index contributed by atoms with van der Waals surface area (Å²) in [4.78, 5) is 0. The second kappa shape index (κ2) is 12.9. The molecule has 13 rings (SSSR count). The van der Waals surface area contributed by atoms with E-state index in [2.05, 4.69) is 218 Å². The number of fused-ring (bicyclic) bond motifs is 8. The van der Waals surface area contributed by atoms with Crippen LogP contribution in [-0.2, 0) is 0 Å². The van der Waals surface area contributed by atoms with E-state index in [1.54, 1.807) is 0 Å². The van der Waals surface area contributed by atoms with Crippen LogP contribution in [0.2, 0.25) is 0 Å². The molecule has 0 spiro atoms. The van der Waals surface area contributed by atoms with Crippen molar-refractivity contribution in [1.82, 2.24) is 0 Å². The lowest BCUT2D eigenvalue weighted by Crippen LogP contribution is -1.91. The predicted octanol–water partition coefficient (Wildman–Crippen LogP) is 17.0. The summed E-state index contributed by atoms with van der Waals surface area (Å²) in [6, 6.07) is 81.2. The van der Waals surface area contributed by atoms with Gasteiger partial charge in [0.1, 0.15) is 0 Å². The summed E-state index contributed by atoms with van der Waals surface area (Å²) in [5.74, 6) is 0. The third kappa shape index (κ3) is 4.73. The molecule has 0 unspecified atom stereocenters. The summed E-state index contributed by atoms with van der Waals surface area (Å²) < 4.78 is 0. The zero-order valence-corrected chi connectivity index (χ0v) is 32.8. The monoisotopic (exact) mass is 756 g/mol. The van der Waals surface area contributed by atoms with Crippen LogP contribution < -0.4 is 0 Å². The van der Waals surface area contributed by atoms with E-state index in [9.17, 15) is 0 Å². The molecule has 0 aliphatic carbocycles. The first-order chi connectivity index (χ1) is 29.8. The molecule has 0 aliphatic heterocycles. The van der Waals surface area contributed by atoms with Gasteiger partial charge in [0.25, 0.3) is 0 Å². The van der Waals surface area contributed by atoms with Gasteiger partial charge >= 0.3 is 0 Å². The average molecular weight is 757 g/mol. The van der Waals surface area contributed by atoms with Crippen molar-refractivity contribution in [3.8, 4) is 55.6 Å². The average Bonchev–Trinajstić information content (AvgIpc) is 3.83. The van der Waals surface area contributed by atoms with Crippen LogP contribution in [0.25, 0.3) is 131 Å². The van der Waals surface area contributed by atoms with Crippen LogP contribution in [0, 0.1) is 0 Å². The number of benzene rings is 11. The molecular formula is C60H36. The molecular weight excluding hydrogens is 721 g/mol. The van der Waals surface area contributed by atoms with Gasteiger partial charge in [0.15, 0.2) is 0 Å². The highest BCUT2D eigenvalue weighted by molar-refractivity contribution is 6.44. The normalized spacial score (nSPS) is 12.0. The molecule has 0 nitrogen and oxygen atoms in total. The van der Waals surface area contributed by atoms with E-state index in [0.717, 1.165) is 0 Å². The maximum atomic E-state index is 2.55. The van der Waals surface area contributed by atoms with Gasteiger partial charge in [-0.2, -0.15) is 0 Å². The molecule has 0 aliphatic rings. The zero-order valence-electron chi connectivity index (χ0n) is 32.8. The summed E-state index contributed by atoms with van der Waals surface area (Å²) in [7, 11) is 0. The van der Waals surface area contributed by atoms with Gasteiger partial charge in [0, 0.05) is 0 Å². The molecule has 0 fully saturated rings. The minimum atomic E-state index is 1.22. The molecule has 0 aromatic heterocycles. The Morgan fingerprint density at radius 1 is 0.183 bits per heavy atom. The van der Waals surface area contributed by atoms with Crippen molar-refractivity contribution < 1.29 is 0 Å². The fourth-order valence-corrected chi connectivity index (χ4v) is 10.6. The van der Waals surface area contributed by atoms with Crippen molar-refractivity contribution in [3.63, 3.8) is 0 Å². The molecule has 0 atom stereocenters. The summed E-state index contributed by atoms with van der Waals surface area (Å²) in [5, 5.41) is 18.4. The second-order valence-electron chi connectivity index (χ2n) is 16.3. The highest BCUT2D eigenvalue weighted by Gasteiger charge is 2.26. The first-order valence-electron chi connectivity index (χ1n) is 20.9. The van der Waals surface area contributed by atoms with Crippen molar-refractivity contribution in [2.45, 2.75) is 0 Å². The smallest absolute Gasteiger partial charge is 0.000719 e. The molecule has 13 aromatic carbocycles. The lowest BCUT2D eigenvalue weighted by molar-refractivity contribution is 1.57. The van der Waals surface area contributed by atoms with Gasteiger partial charge in [-0.05, 0) is 149 Å². The van der Waals surface area contributed by atoms with Crippen LogP contribution in [-0.4, -0.2) is 0 Å². The summed E-state index contributed by atoms with van der Waals surface area (Å²) in [6.07, 6.45) is 0. The molecule has 60 heavy (non-hydrogen) atoms. The lowest BCUT2D eigenvalue weighted by atomic mass is 9.84. The summed E-state index contributed by atoms with van der Waals surface area (Å²) in [5.41, 5.74) is 12.4. The van der Waals surface area contributed by atoms with E-state index in [1.807, 2.05) is 0 Å². The van der Waals surface area contributed by atoms with Gasteiger partial charge < -0.3 is 0 Å². The molecule has 0 heteroatoms. The van der Waals surface area contributed by atoms with Crippen molar-refractivity contribution in [3.05, 3.63) is 218 Å². The van der Waals surface area contributed by atoms with Crippen LogP contribution in [0.3, 0.4) is 0 Å². The van der Waals surface area contributed by atoms with Gasteiger partial charge in [-0.3, -0.25) is 0 Å². The Balaban J connectivity index is 1.21. The van der Waals surface area contributed by atoms with E-state index in [1.165, 1.54) is 131 Å². The lowest BCUT2D eigenvalue weighted by Gasteiger charge is -2.19. The Labute approximate surface area is 347 Å². The van der Waals surface area contributed by atoms with E-state index in [0.29, 0.717) is 0 Å². The number of rotatable bonds is 5. The van der Waals surface area contributed by atoms with Gasteiger partial charge in [-0.25, -0.2) is 0 Å². The van der Waals surface area contributed by atoms with Gasteiger partial charge in [-0.15, -0.1) is 0 Å². The molecule has 0 N–H and O–H groups in total. The zero-order chi connectivity index (χ0) is 39.3. The Morgan fingerprint density at radius 2 is 0.717 bits per heavy atom. The molecule has 0 saturated heterocycles. The Kier molecular flexibility index (Phi) is 7.11. The highest BCUT2D eigenvalue weighted by Crippen LogP contribution is 2.54. The number of hydrogen-bond acceptors (Lipinski definition) is 0. The largest absolute Gasteiger partial charge is 0.0622 e. The first kappa shape index (κ1) is 33.2. The standard InChI is InChI=1S/C60H36/c1-5-16-37(17-6-1)42-30-32-44(38-18-7-2-8-19-38)50(34-42)43-31-33-45-46-26-15-29-49-57(46)52(51(45)35-43)36-53-55(40-20-9-3-10-21-40)59-47-27-13-24-39-25-14-28-48(54(39)47)60(59)56(58(49)53)41-22-11-4-12-23-41/h1-36H. The SMILES string of the molecule is c1ccc(-c2ccc(-c3ccccc3)c(-c3ccc4c(c3)c3cc5c(-c6ccccc6)c6c7cccc8cccc(c6c(-c6ccccc6)c5c5cccc4c35)c87)c2)cc1. The molecule has 0 bridgehead atoms. The van der Waals surface area contributed by atoms with E-state index in [-0.39, 0.29) is 0 Å². The van der Waals surface area contributed by atoms with Gasteiger partial charge in [-0.1, -0.05) is 200 Å². The third-order valence-electron chi connectivity index (χ3n) is 13.1. The predicted molar refractivity (Wildman–Crippen MR) is 259 cm³/mol. The molecule has 0 radical (unpaired) electrons. The fourth-order valence-electron chi connectivity index (χ4n) is 10.6. The Bertz CT molecular complexity index is 3770. The number of hydrogen-bond donors (Lipinski definition) is 0. The fraction of sp³-hybridized carbons (Fsp3) is 0. The van der Waals surface area contributed by atoms with Crippen molar-refractivity contribution in [2.24, 2.45) is 0 Å². The summed E-state index contributed by atoms with van der Waals surface area (Å²) >= 11 is 0. The van der Waals surface area contributed by atoms with E-state index in [4.69, 9.17) is 0 Å². The molecule has 0 saturated carbocycles. The quantitative estimate of drug-likeness (QED) is 0.153. The topological polar surface area (TPSA) is 0 Å².